The van der Waals surface area contributed by atoms with E-state index in [1.807, 2.05) is 24.3 Å². The van der Waals surface area contributed by atoms with Gasteiger partial charge in [-0.15, -0.1) is 0 Å². The molecule has 0 bridgehead atoms. The van der Waals surface area contributed by atoms with Gasteiger partial charge in [-0.1, -0.05) is 30.0 Å². The molecule has 0 aromatic heterocycles. The average Bonchev–Trinajstić information content (AvgIpc) is 2.35. The number of benzene rings is 1. The molecule has 1 aromatic carbocycles. The highest BCUT2D eigenvalue weighted by Crippen LogP contribution is 2.08. The maximum Gasteiger partial charge on any atom is 0.277 e. The van der Waals surface area contributed by atoms with Crippen molar-refractivity contribution in [2.24, 2.45) is 0 Å². The third-order valence-corrected chi connectivity index (χ3v) is 3.78. The lowest BCUT2D eigenvalue weighted by atomic mass is 10.1. The predicted molar refractivity (Wildman–Crippen MR) is 83.7 cm³/mol. The van der Waals surface area contributed by atoms with E-state index < -0.39 is 15.7 Å². The lowest BCUT2D eigenvalue weighted by molar-refractivity contribution is 0.305. The Hall–Kier alpha value is -1.39. The molecule has 5 nitrogen and oxygen atoms in total. The third kappa shape index (κ3) is 7.25. The standard InChI is InChI=1S/C15H22N2O3S/c1-15(2,3)17-21(19,20)16-12-14-10-5-4-8-13(14)9-6-7-11-18/h4-5,8,10,16-18H,7,11-12H2,1-3H3. The first-order chi connectivity index (χ1) is 9.73. The van der Waals surface area contributed by atoms with Gasteiger partial charge in [0.1, 0.15) is 0 Å². The Balaban J connectivity index is 2.79. The van der Waals surface area contributed by atoms with Crippen molar-refractivity contribution in [2.45, 2.75) is 39.3 Å². The van der Waals surface area contributed by atoms with Gasteiger partial charge in [-0.3, -0.25) is 0 Å². The Labute approximate surface area is 127 Å². The summed E-state index contributed by atoms with van der Waals surface area (Å²) in [5, 5.41) is 8.73. The van der Waals surface area contributed by atoms with E-state index >= 15 is 0 Å². The Morgan fingerprint density at radius 3 is 2.52 bits per heavy atom. The van der Waals surface area contributed by atoms with Crippen LogP contribution in [0.3, 0.4) is 0 Å². The molecular formula is C15H22N2O3S. The van der Waals surface area contributed by atoms with Crippen LogP contribution in [-0.2, 0) is 16.8 Å². The second kappa shape index (κ2) is 7.57. The number of nitrogens with one attached hydrogen (secondary N) is 2. The normalized spacial score (nSPS) is 11.8. The average molecular weight is 310 g/mol. The highest BCUT2D eigenvalue weighted by atomic mass is 32.2. The van der Waals surface area contributed by atoms with Gasteiger partial charge in [0, 0.05) is 24.1 Å². The molecule has 0 fully saturated rings. The predicted octanol–water partition coefficient (Wildman–Crippen LogP) is 1.14. The maximum atomic E-state index is 11.9. The summed E-state index contributed by atoms with van der Waals surface area (Å²) in [5.41, 5.74) is 1.01. The van der Waals surface area contributed by atoms with E-state index in [-0.39, 0.29) is 13.2 Å². The topological polar surface area (TPSA) is 78.4 Å². The molecular weight excluding hydrogens is 288 g/mol. The second-order valence-corrected chi connectivity index (χ2v) is 7.11. The molecule has 21 heavy (non-hydrogen) atoms. The largest absolute Gasteiger partial charge is 0.395 e. The van der Waals surface area contributed by atoms with Crippen LogP contribution in [0, 0.1) is 11.8 Å². The first-order valence-electron chi connectivity index (χ1n) is 6.70. The van der Waals surface area contributed by atoms with E-state index in [0.717, 1.165) is 11.1 Å². The molecule has 0 aliphatic carbocycles. The van der Waals surface area contributed by atoms with Crippen molar-refractivity contribution in [3.63, 3.8) is 0 Å². The molecule has 0 radical (unpaired) electrons. The fourth-order valence-electron chi connectivity index (χ4n) is 1.62. The highest BCUT2D eigenvalue weighted by molar-refractivity contribution is 7.87. The molecule has 0 aliphatic heterocycles. The van der Waals surface area contributed by atoms with Gasteiger partial charge < -0.3 is 5.11 Å². The van der Waals surface area contributed by atoms with Crippen molar-refractivity contribution in [2.75, 3.05) is 6.61 Å². The Morgan fingerprint density at radius 1 is 1.24 bits per heavy atom. The zero-order valence-electron chi connectivity index (χ0n) is 12.6. The van der Waals surface area contributed by atoms with Gasteiger partial charge in [-0.25, -0.2) is 0 Å². The smallest absolute Gasteiger partial charge is 0.277 e. The van der Waals surface area contributed by atoms with Crippen LogP contribution < -0.4 is 9.44 Å². The molecule has 0 saturated carbocycles. The summed E-state index contributed by atoms with van der Waals surface area (Å²) in [6.07, 6.45) is 0.394. The SMILES string of the molecule is CC(C)(C)NS(=O)(=O)NCc1ccccc1C#CCCO. The molecule has 0 spiro atoms. The number of hydrogen-bond donors (Lipinski definition) is 3. The van der Waals surface area contributed by atoms with Gasteiger partial charge in [-0.2, -0.15) is 17.9 Å². The summed E-state index contributed by atoms with van der Waals surface area (Å²) in [5.74, 6) is 5.77. The van der Waals surface area contributed by atoms with Crippen LogP contribution in [-0.4, -0.2) is 25.7 Å². The van der Waals surface area contributed by atoms with Crippen molar-refractivity contribution in [3.8, 4) is 11.8 Å². The first kappa shape index (κ1) is 17.7. The molecule has 0 heterocycles. The molecule has 6 heteroatoms. The van der Waals surface area contributed by atoms with Gasteiger partial charge in [-0.05, 0) is 32.4 Å². The van der Waals surface area contributed by atoms with Gasteiger partial charge in [0.05, 0.1) is 6.61 Å². The molecule has 0 saturated heterocycles. The monoisotopic (exact) mass is 310 g/mol. The summed E-state index contributed by atoms with van der Waals surface area (Å²) in [7, 11) is -3.57. The molecule has 0 unspecified atom stereocenters. The van der Waals surface area contributed by atoms with Crippen LogP contribution in [0.25, 0.3) is 0 Å². The van der Waals surface area contributed by atoms with Crippen molar-refractivity contribution >= 4 is 10.2 Å². The van der Waals surface area contributed by atoms with Crippen LogP contribution in [0.15, 0.2) is 24.3 Å². The van der Waals surface area contributed by atoms with Crippen LogP contribution in [0.1, 0.15) is 38.3 Å². The number of aliphatic hydroxyl groups is 1. The summed E-state index contributed by atoms with van der Waals surface area (Å²) in [4.78, 5) is 0. The summed E-state index contributed by atoms with van der Waals surface area (Å²) in [6.45, 7) is 5.51. The van der Waals surface area contributed by atoms with E-state index in [1.165, 1.54) is 0 Å². The third-order valence-electron chi connectivity index (χ3n) is 2.37. The Bertz CT molecular complexity index is 622. The fraction of sp³-hybridized carbons (Fsp3) is 0.467. The van der Waals surface area contributed by atoms with Gasteiger partial charge in [0.2, 0.25) is 0 Å². The second-order valence-electron chi connectivity index (χ2n) is 5.61. The van der Waals surface area contributed by atoms with Crippen molar-refractivity contribution < 1.29 is 13.5 Å². The van der Waals surface area contributed by atoms with Gasteiger partial charge in [0.25, 0.3) is 10.2 Å². The highest BCUT2D eigenvalue weighted by Gasteiger charge is 2.19. The Kier molecular flexibility index (Phi) is 6.37. The minimum absolute atomic E-state index is 0.0112. The van der Waals surface area contributed by atoms with Crippen LogP contribution in [0.5, 0.6) is 0 Å². The van der Waals surface area contributed by atoms with Crippen LogP contribution in [0.2, 0.25) is 0 Å². The minimum Gasteiger partial charge on any atom is -0.395 e. The maximum absolute atomic E-state index is 11.9. The first-order valence-corrected chi connectivity index (χ1v) is 8.18. The van der Waals surface area contributed by atoms with E-state index in [1.54, 1.807) is 20.8 Å². The van der Waals surface area contributed by atoms with E-state index in [2.05, 4.69) is 21.3 Å². The minimum atomic E-state index is -3.57. The molecule has 1 aromatic rings. The molecule has 0 aliphatic rings. The summed E-state index contributed by atoms with van der Waals surface area (Å²) >= 11 is 0. The lowest BCUT2D eigenvalue weighted by Crippen LogP contribution is -2.46. The van der Waals surface area contributed by atoms with Crippen molar-refractivity contribution in [1.82, 2.24) is 9.44 Å². The molecule has 3 N–H and O–H groups in total. The zero-order valence-corrected chi connectivity index (χ0v) is 13.4. The van der Waals surface area contributed by atoms with E-state index in [9.17, 15) is 8.42 Å². The summed E-state index contributed by atoms with van der Waals surface area (Å²) in [6, 6.07) is 7.32. The number of hydrogen-bond acceptors (Lipinski definition) is 3. The number of rotatable bonds is 5. The van der Waals surface area contributed by atoms with E-state index in [0.29, 0.717) is 6.42 Å². The fourth-order valence-corrected chi connectivity index (χ4v) is 2.85. The van der Waals surface area contributed by atoms with Gasteiger partial charge in [0.15, 0.2) is 0 Å². The summed E-state index contributed by atoms with van der Waals surface area (Å²) < 4.78 is 28.8. The van der Waals surface area contributed by atoms with E-state index in [4.69, 9.17) is 5.11 Å². The lowest BCUT2D eigenvalue weighted by Gasteiger charge is -2.20. The van der Waals surface area contributed by atoms with Crippen molar-refractivity contribution in [1.29, 1.82) is 0 Å². The molecule has 1 rings (SSSR count). The molecule has 0 amide bonds. The molecule has 116 valence electrons. The van der Waals surface area contributed by atoms with Crippen LogP contribution >= 0.6 is 0 Å². The zero-order chi connectivity index (χ0) is 15.9. The molecule has 0 atom stereocenters. The number of aliphatic hydroxyl groups excluding tert-OH is 1. The quantitative estimate of drug-likeness (QED) is 0.714. The van der Waals surface area contributed by atoms with Crippen LogP contribution in [0.4, 0.5) is 0 Å². The van der Waals surface area contributed by atoms with Crippen molar-refractivity contribution in [3.05, 3.63) is 35.4 Å². The van der Waals surface area contributed by atoms with Gasteiger partial charge >= 0.3 is 0 Å². The Morgan fingerprint density at radius 2 is 1.90 bits per heavy atom.